The molecule has 0 fully saturated rings. The van der Waals surface area contributed by atoms with Gasteiger partial charge in [0.2, 0.25) is 5.76 Å². The van der Waals surface area contributed by atoms with E-state index in [1.807, 2.05) is 56.9 Å². The van der Waals surface area contributed by atoms with Gasteiger partial charge >= 0.3 is 11.9 Å². The Labute approximate surface area is 186 Å². The fourth-order valence-corrected chi connectivity index (χ4v) is 5.16. The summed E-state index contributed by atoms with van der Waals surface area (Å²) in [6.07, 6.45) is 0. The quantitative estimate of drug-likeness (QED) is 0.598. The van der Waals surface area contributed by atoms with Gasteiger partial charge in [0.1, 0.15) is 27.5 Å². The predicted octanol–water partition coefficient (Wildman–Crippen LogP) is 4.95. The van der Waals surface area contributed by atoms with Crippen molar-refractivity contribution in [3.63, 3.8) is 0 Å². The number of hydrogen-bond acceptors (Lipinski definition) is 8. The Hall–Kier alpha value is -2.87. The summed E-state index contributed by atoms with van der Waals surface area (Å²) in [7, 11) is 4.14. The van der Waals surface area contributed by atoms with Crippen molar-refractivity contribution in [3.05, 3.63) is 57.5 Å². The number of rotatable bonds is 5. The van der Waals surface area contributed by atoms with E-state index in [2.05, 4.69) is 0 Å². The molecule has 1 aromatic heterocycles. The SMILES string of the molecule is CCN1C(C)=C(C)SC(C)(c2ccc(OC)cc2)c2oc(C(=O)OC)c(C(=O)OC)c21. The van der Waals surface area contributed by atoms with Crippen LogP contribution in [-0.2, 0) is 14.2 Å². The third-order valence-corrected chi connectivity index (χ3v) is 7.01. The van der Waals surface area contributed by atoms with Crippen molar-refractivity contribution in [1.82, 2.24) is 0 Å². The zero-order chi connectivity index (χ0) is 22.9. The second kappa shape index (κ2) is 8.70. The first-order valence-electron chi connectivity index (χ1n) is 9.85. The second-order valence-electron chi connectivity index (χ2n) is 7.22. The number of thioether (sulfide) groups is 1. The van der Waals surface area contributed by atoms with Gasteiger partial charge in [-0.05, 0) is 45.4 Å². The molecule has 2 heterocycles. The van der Waals surface area contributed by atoms with Crippen LogP contribution in [0.1, 0.15) is 59.9 Å². The van der Waals surface area contributed by atoms with Gasteiger partial charge in [0.25, 0.3) is 0 Å². The summed E-state index contributed by atoms with van der Waals surface area (Å²) >= 11 is 1.61. The lowest BCUT2D eigenvalue weighted by atomic mass is 9.95. The van der Waals surface area contributed by atoms with Crippen LogP contribution in [0.15, 0.2) is 39.3 Å². The molecule has 1 atom stereocenters. The van der Waals surface area contributed by atoms with Crippen LogP contribution in [0, 0.1) is 0 Å². The number of methoxy groups -OCH3 is 3. The summed E-state index contributed by atoms with van der Waals surface area (Å²) in [5.74, 6) is -0.329. The van der Waals surface area contributed by atoms with Crippen LogP contribution in [0.4, 0.5) is 5.69 Å². The molecule has 2 aromatic rings. The number of carbonyl (C=O) groups excluding carboxylic acids is 2. The van der Waals surface area contributed by atoms with E-state index in [9.17, 15) is 9.59 Å². The Balaban J connectivity index is 2.41. The molecule has 0 spiro atoms. The van der Waals surface area contributed by atoms with Crippen LogP contribution in [0.25, 0.3) is 0 Å². The third-order valence-electron chi connectivity index (χ3n) is 5.58. The monoisotopic (exact) mass is 445 g/mol. The maximum absolute atomic E-state index is 12.8. The number of anilines is 1. The van der Waals surface area contributed by atoms with Crippen molar-refractivity contribution in [2.24, 2.45) is 0 Å². The van der Waals surface area contributed by atoms with Crippen molar-refractivity contribution in [3.8, 4) is 5.75 Å². The zero-order valence-electron chi connectivity index (χ0n) is 18.8. The first-order valence-corrected chi connectivity index (χ1v) is 10.7. The summed E-state index contributed by atoms with van der Waals surface area (Å²) in [5, 5.41) is 0. The molecule has 1 aliphatic heterocycles. The van der Waals surface area contributed by atoms with Crippen LogP contribution in [-0.4, -0.2) is 39.8 Å². The zero-order valence-corrected chi connectivity index (χ0v) is 19.6. The number of furan rings is 1. The molecule has 31 heavy (non-hydrogen) atoms. The highest BCUT2D eigenvalue weighted by Crippen LogP contribution is 2.55. The molecule has 0 bridgehead atoms. The average Bonchev–Trinajstić information content (AvgIpc) is 3.16. The smallest absolute Gasteiger partial charge is 0.374 e. The van der Waals surface area contributed by atoms with Gasteiger partial charge < -0.3 is 23.5 Å². The first-order chi connectivity index (χ1) is 14.7. The molecule has 0 radical (unpaired) electrons. The number of carbonyl (C=O) groups is 2. The number of benzene rings is 1. The molecule has 0 aliphatic carbocycles. The van der Waals surface area contributed by atoms with Crippen LogP contribution in [0.5, 0.6) is 5.75 Å². The highest BCUT2D eigenvalue weighted by atomic mass is 32.2. The Morgan fingerprint density at radius 3 is 2.19 bits per heavy atom. The normalized spacial score (nSPS) is 18.4. The van der Waals surface area contributed by atoms with Gasteiger partial charge in [-0.1, -0.05) is 12.1 Å². The molecule has 1 aromatic carbocycles. The third kappa shape index (κ3) is 3.69. The van der Waals surface area contributed by atoms with Gasteiger partial charge in [-0.2, -0.15) is 0 Å². The predicted molar refractivity (Wildman–Crippen MR) is 120 cm³/mol. The van der Waals surface area contributed by atoms with Gasteiger partial charge in [-0.3, -0.25) is 0 Å². The Bertz CT molecular complexity index is 1040. The standard InChI is InChI=1S/C23H27NO6S/c1-8-24-13(2)14(3)31-23(4,15-9-11-16(27-5)12-10-15)20-18(24)17(21(25)28-6)19(30-20)22(26)29-7/h9-12H,8H2,1-7H3. The first kappa shape index (κ1) is 22.8. The van der Waals surface area contributed by atoms with E-state index >= 15 is 0 Å². The summed E-state index contributed by atoms with van der Waals surface area (Å²) in [6, 6.07) is 7.66. The van der Waals surface area contributed by atoms with Gasteiger partial charge in [-0.25, -0.2) is 9.59 Å². The average molecular weight is 446 g/mol. The Morgan fingerprint density at radius 1 is 1.06 bits per heavy atom. The molecular formula is C23H27NO6S. The number of esters is 2. The van der Waals surface area contributed by atoms with Crippen molar-refractivity contribution >= 4 is 29.4 Å². The van der Waals surface area contributed by atoms with E-state index in [1.165, 1.54) is 14.2 Å². The minimum atomic E-state index is -0.732. The number of nitrogens with zero attached hydrogens (tertiary/aromatic N) is 1. The molecule has 0 saturated heterocycles. The summed E-state index contributed by atoms with van der Waals surface area (Å²) in [4.78, 5) is 28.4. The Morgan fingerprint density at radius 2 is 1.68 bits per heavy atom. The maximum atomic E-state index is 12.8. The summed E-state index contributed by atoms with van der Waals surface area (Å²) in [5.41, 5.74) is 2.50. The topological polar surface area (TPSA) is 78.2 Å². The summed E-state index contributed by atoms with van der Waals surface area (Å²) in [6.45, 7) is 8.59. The molecule has 7 nitrogen and oxygen atoms in total. The number of fused-ring (bicyclic) bond motifs is 1. The fraction of sp³-hybridized carbons (Fsp3) is 0.391. The van der Waals surface area contributed by atoms with Gasteiger partial charge in [0, 0.05) is 17.1 Å². The van der Waals surface area contributed by atoms with Crippen LogP contribution in [0.3, 0.4) is 0 Å². The molecule has 8 heteroatoms. The number of ether oxygens (including phenoxy) is 3. The minimum Gasteiger partial charge on any atom is -0.497 e. The van der Waals surface area contributed by atoms with E-state index in [0.717, 1.165) is 21.9 Å². The van der Waals surface area contributed by atoms with E-state index < -0.39 is 16.7 Å². The Kier molecular flexibility index (Phi) is 6.40. The number of allylic oxidation sites excluding steroid dienone is 2. The lowest BCUT2D eigenvalue weighted by Gasteiger charge is -2.28. The number of hydrogen-bond donors (Lipinski definition) is 0. The van der Waals surface area contributed by atoms with E-state index in [-0.39, 0.29) is 11.3 Å². The van der Waals surface area contributed by atoms with Crippen LogP contribution in [0.2, 0.25) is 0 Å². The maximum Gasteiger partial charge on any atom is 0.374 e. The molecule has 0 N–H and O–H groups in total. The molecular weight excluding hydrogens is 418 g/mol. The van der Waals surface area contributed by atoms with Crippen LogP contribution >= 0.6 is 11.8 Å². The molecule has 0 amide bonds. The van der Waals surface area contributed by atoms with E-state index in [1.54, 1.807) is 18.9 Å². The fourth-order valence-electron chi connectivity index (χ4n) is 3.81. The molecule has 1 unspecified atom stereocenters. The lowest BCUT2D eigenvalue weighted by Crippen LogP contribution is -2.25. The second-order valence-corrected chi connectivity index (χ2v) is 8.85. The summed E-state index contributed by atoms with van der Waals surface area (Å²) < 4.78 is 20.7. The highest BCUT2D eigenvalue weighted by molar-refractivity contribution is 8.04. The van der Waals surface area contributed by atoms with Crippen molar-refractivity contribution in [2.75, 3.05) is 32.8 Å². The van der Waals surface area contributed by atoms with Crippen LogP contribution < -0.4 is 9.64 Å². The highest BCUT2D eigenvalue weighted by Gasteiger charge is 2.45. The van der Waals surface area contributed by atoms with Crippen molar-refractivity contribution in [2.45, 2.75) is 32.4 Å². The molecule has 0 saturated carbocycles. The molecule has 3 rings (SSSR count). The molecule has 1 aliphatic rings. The minimum absolute atomic E-state index is 0.0700. The van der Waals surface area contributed by atoms with Crippen molar-refractivity contribution < 1.29 is 28.2 Å². The lowest BCUT2D eigenvalue weighted by molar-refractivity contribution is 0.0527. The van der Waals surface area contributed by atoms with Crippen molar-refractivity contribution in [1.29, 1.82) is 0 Å². The van der Waals surface area contributed by atoms with Gasteiger partial charge in [-0.15, -0.1) is 11.8 Å². The van der Waals surface area contributed by atoms with Gasteiger partial charge in [0.15, 0.2) is 0 Å². The van der Waals surface area contributed by atoms with Gasteiger partial charge in [0.05, 0.1) is 21.3 Å². The van der Waals surface area contributed by atoms with E-state index in [4.69, 9.17) is 18.6 Å². The van der Waals surface area contributed by atoms with E-state index in [0.29, 0.717) is 18.0 Å². The largest absolute Gasteiger partial charge is 0.497 e. The molecule has 166 valence electrons.